The molecule has 0 saturated carbocycles. The molecule has 2 aromatic carbocycles. The fourth-order valence-corrected chi connectivity index (χ4v) is 3.66. The number of benzene rings is 2. The number of Topliss-reactive ketones (excluding diaryl/α,β-unsaturated/α-hetero) is 1. The fourth-order valence-electron chi connectivity index (χ4n) is 3.66. The lowest BCUT2D eigenvalue weighted by Crippen LogP contribution is -2.42. The number of hydrogen-bond donors (Lipinski definition) is 1. The fraction of sp³-hybridized carbons (Fsp3) is 0.227. The average Bonchev–Trinajstić information content (AvgIpc) is 3.15. The summed E-state index contributed by atoms with van der Waals surface area (Å²) in [5, 5.41) is 2.90. The Morgan fingerprint density at radius 1 is 0.964 bits per heavy atom. The maximum Gasteiger partial charge on any atom is 0.271 e. The van der Waals surface area contributed by atoms with E-state index in [1.54, 1.807) is 29.2 Å². The Kier molecular flexibility index (Phi) is 4.93. The van der Waals surface area contributed by atoms with Gasteiger partial charge in [-0.3, -0.25) is 19.5 Å². The van der Waals surface area contributed by atoms with Crippen LogP contribution in [-0.2, 0) is 0 Å². The van der Waals surface area contributed by atoms with Gasteiger partial charge in [0.15, 0.2) is 5.78 Å². The number of aromatic nitrogens is 2. The first-order valence-corrected chi connectivity index (χ1v) is 9.39. The number of aromatic amines is 1. The summed E-state index contributed by atoms with van der Waals surface area (Å²) in [7, 11) is 0. The minimum atomic E-state index is -0.288. The Bertz CT molecular complexity index is 1040. The van der Waals surface area contributed by atoms with Crippen molar-refractivity contribution in [2.45, 2.75) is 12.8 Å². The van der Waals surface area contributed by atoms with Crippen LogP contribution in [0.4, 0.5) is 0 Å². The second kappa shape index (κ2) is 7.68. The van der Waals surface area contributed by atoms with Crippen LogP contribution in [0.1, 0.15) is 33.7 Å². The van der Waals surface area contributed by atoms with Gasteiger partial charge in [0.05, 0.1) is 5.69 Å². The van der Waals surface area contributed by atoms with Gasteiger partial charge in [0.1, 0.15) is 5.69 Å². The van der Waals surface area contributed by atoms with E-state index in [1.807, 2.05) is 36.4 Å². The third-order valence-corrected chi connectivity index (χ3v) is 5.10. The largest absolute Gasteiger partial charge is 0.337 e. The molecule has 1 unspecified atom stereocenters. The zero-order valence-corrected chi connectivity index (χ0v) is 15.4. The van der Waals surface area contributed by atoms with E-state index >= 15 is 0 Å². The average molecular weight is 375 g/mol. The number of nitrogens with one attached hydrogen (secondary N) is 1. The quantitative estimate of drug-likeness (QED) is 0.713. The molecule has 0 aliphatic carbocycles. The van der Waals surface area contributed by atoms with Crippen LogP contribution in [0.15, 0.2) is 71.5 Å². The number of amides is 1. The smallest absolute Gasteiger partial charge is 0.271 e. The van der Waals surface area contributed by atoms with Crippen molar-refractivity contribution < 1.29 is 9.59 Å². The molecule has 1 aliphatic heterocycles. The summed E-state index contributed by atoms with van der Waals surface area (Å²) in [5.74, 6) is -0.408. The lowest BCUT2D eigenvalue weighted by Gasteiger charge is -2.31. The van der Waals surface area contributed by atoms with Crippen molar-refractivity contribution in [3.63, 3.8) is 0 Å². The highest BCUT2D eigenvalue weighted by Crippen LogP contribution is 2.22. The minimum Gasteiger partial charge on any atom is -0.337 e. The molecule has 1 saturated heterocycles. The first kappa shape index (κ1) is 18.0. The predicted molar refractivity (Wildman–Crippen MR) is 106 cm³/mol. The van der Waals surface area contributed by atoms with Crippen LogP contribution in [0.25, 0.3) is 5.69 Å². The molecule has 1 N–H and O–H groups in total. The Labute approximate surface area is 162 Å². The molecule has 3 aromatic rings. The highest BCUT2D eigenvalue weighted by atomic mass is 16.2. The molecule has 1 amide bonds. The maximum atomic E-state index is 12.9. The lowest BCUT2D eigenvalue weighted by atomic mass is 9.90. The standard InChI is InChI=1S/C22H21N3O3/c26-20-14-19(23-25(20)18-11-5-2-6-12-18)22(28)24-13-7-10-17(15-24)21(27)16-8-3-1-4-9-16/h1-6,8-9,11-12,14,17,23H,7,10,13,15H2. The van der Waals surface area contributed by atoms with Gasteiger partial charge in [0.25, 0.3) is 11.5 Å². The van der Waals surface area contributed by atoms with Crippen LogP contribution in [-0.4, -0.2) is 39.5 Å². The van der Waals surface area contributed by atoms with Crippen LogP contribution in [0, 0.1) is 5.92 Å². The third kappa shape index (κ3) is 3.53. The van der Waals surface area contributed by atoms with Crippen molar-refractivity contribution in [3.8, 4) is 5.69 Å². The SMILES string of the molecule is O=C(c1ccccc1)C1CCCN(C(=O)c2cc(=O)n(-c3ccccc3)[nH]2)C1. The van der Waals surface area contributed by atoms with Crippen molar-refractivity contribution in [1.82, 2.24) is 14.7 Å². The predicted octanol–water partition coefficient (Wildman–Crippen LogP) is 2.90. The van der Waals surface area contributed by atoms with E-state index in [0.717, 1.165) is 12.8 Å². The molecule has 1 aromatic heterocycles. The number of para-hydroxylation sites is 1. The molecule has 0 radical (unpaired) electrons. The van der Waals surface area contributed by atoms with Gasteiger partial charge < -0.3 is 4.90 Å². The van der Waals surface area contributed by atoms with E-state index < -0.39 is 0 Å². The summed E-state index contributed by atoms with van der Waals surface area (Å²) in [6.07, 6.45) is 1.53. The molecule has 28 heavy (non-hydrogen) atoms. The molecular weight excluding hydrogens is 354 g/mol. The molecule has 1 aliphatic rings. The first-order valence-electron chi connectivity index (χ1n) is 9.39. The highest BCUT2D eigenvalue weighted by molar-refractivity contribution is 5.99. The number of likely N-dealkylation sites (tertiary alicyclic amines) is 1. The number of H-pyrrole nitrogens is 1. The number of hydrogen-bond acceptors (Lipinski definition) is 3. The van der Waals surface area contributed by atoms with E-state index in [1.165, 1.54) is 10.7 Å². The number of piperidine rings is 1. The summed E-state index contributed by atoms with van der Waals surface area (Å²) >= 11 is 0. The molecule has 142 valence electrons. The summed E-state index contributed by atoms with van der Waals surface area (Å²) in [6, 6.07) is 19.6. The first-order chi connectivity index (χ1) is 13.6. The van der Waals surface area contributed by atoms with Crippen molar-refractivity contribution in [1.29, 1.82) is 0 Å². The van der Waals surface area contributed by atoms with Crippen LogP contribution in [0.2, 0.25) is 0 Å². The summed E-state index contributed by atoms with van der Waals surface area (Å²) in [4.78, 5) is 39.6. The molecule has 1 atom stereocenters. The summed E-state index contributed by atoms with van der Waals surface area (Å²) in [6.45, 7) is 0.945. The van der Waals surface area contributed by atoms with Crippen molar-refractivity contribution >= 4 is 11.7 Å². The van der Waals surface area contributed by atoms with Crippen molar-refractivity contribution in [2.75, 3.05) is 13.1 Å². The van der Waals surface area contributed by atoms with Crippen LogP contribution < -0.4 is 5.56 Å². The number of nitrogens with zero attached hydrogens (tertiary/aromatic N) is 2. The molecule has 0 spiro atoms. The normalized spacial score (nSPS) is 16.7. The van der Waals surface area contributed by atoms with Crippen molar-refractivity contribution in [3.05, 3.63) is 88.3 Å². The van der Waals surface area contributed by atoms with Gasteiger partial charge in [0, 0.05) is 30.6 Å². The second-order valence-corrected chi connectivity index (χ2v) is 7.00. The molecule has 4 rings (SSSR count). The number of carbonyl (C=O) groups is 2. The van der Waals surface area contributed by atoms with Gasteiger partial charge in [0.2, 0.25) is 0 Å². The van der Waals surface area contributed by atoms with Gasteiger partial charge >= 0.3 is 0 Å². The second-order valence-electron chi connectivity index (χ2n) is 7.00. The Morgan fingerprint density at radius 2 is 1.64 bits per heavy atom. The summed E-state index contributed by atoms with van der Waals surface area (Å²) in [5.41, 5.74) is 1.29. The zero-order valence-electron chi connectivity index (χ0n) is 15.4. The van der Waals surface area contributed by atoms with Crippen LogP contribution >= 0.6 is 0 Å². The Balaban J connectivity index is 1.52. The van der Waals surface area contributed by atoms with Crippen LogP contribution in [0.5, 0.6) is 0 Å². The maximum absolute atomic E-state index is 12.9. The zero-order chi connectivity index (χ0) is 19.5. The molecule has 0 bridgehead atoms. The van der Waals surface area contributed by atoms with E-state index in [2.05, 4.69) is 5.10 Å². The van der Waals surface area contributed by atoms with Gasteiger partial charge in [-0.1, -0.05) is 48.5 Å². The molecule has 6 heteroatoms. The highest BCUT2D eigenvalue weighted by Gasteiger charge is 2.30. The van der Waals surface area contributed by atoms with E-state index in [0.29, 0.717) is 24.3 Å². The van der Waals surface area contributed by atoms with Crippen LogP contribution in [0.3, 0.4) is 0 Å². The van der Waals surface area contributed by atoms with E-state index in [9.17, 15) is 14.4 Å². The number of ketones is 1. The van der Waals surface area contributed by atoms with Crippen molar-refractivity contribution in [2.24, 2.45) is 5.92 Å². The summed E-state index contributed by atoms with van der Waals surface area (Å²) < 4.78 is 1.35. The number of carbonyl (C=O) groups excluding carboxylic acids is 2. The topological polar surface area (TPSA) is 75.2 Å². The van der Waals surface area contributed by atoms with Gasteiger partial charge in [-0.2, -0.15) is 0 Å². The van der Waals surface area contributed by atoms with Gasteiger partial charge in [-0.25, -0.2) is 4.68 Å². The third-order valence-electron chi connectivity index (χ3n) is 5.10. The molecule has 1 fully saturated rings. The Hall–Kier alpha value is -3.41. The van der Waals surface area contributed by atoms with E-state index in [4.69, 9.17) is 0 Å². The van der Waals surface area contributed by atoms with E-state index in [-0.39, 0.29) is 28.9 Å². The molecular formula is C22H21N3O3. The number of rotatable bonds is 4. The molecule has 6 nitrogen and oxygen atoms in total. The molecule has 2 heterocycles. The van der Waals surface area contributed by atoms with Gasteiger partial charge in [-0.05, 0) is 25.0 Å². The van der Waals surface area contributed by atoms with Gasteiger partial charge in [-0.15, -0.1) is 0 Å². The lowest BCUT2D eigenvalue weighted by molar-refractivity contribution is 0.0631. The Morgan fingerprint density at radius 3 is 2.36 bits per heavy atom. The minimum absolute atomic E-state index is 0.0634. The monoisotopic (exact) mass is 375 g/mol.